The van der Waals surface area contributed by atoms with Gasteiger partial charge in [0.1, 0.15) is 11.6 Å². The molecule has 22 heavy (non-hydrogen) atoms. The van der Waals surface area contributed by atoms with E-state index in [0.29, 0.717) is 23.7 Å². The quantitative estimate of drug-likeness (QED) is 0.874. The van der Waals surface area contributed by atoms with Crippen LogP contribution >= 0.6 is 11.6 Å². The summed E-state index contributed by atoms with van der Waals surface area (Å²) in [6, 6.07) is 13.0. The Bertz CT molecular complexity index is 631. The molecule has 1 unspecified atom stereocenters. The van der Waals surface area contributed by atoms with Crippen LogP contribution in [0.3, 0.4) is 0 Å². The van der Waals surface area contributed by atoms with Crippen molar-refractivity contribution in [1.29, 1.82) is 0 Å². The molecule has 0 aliphatic heterocycles. The van der Waals surface area contributed by atoms with Gasteiger partial charge in [-0.1, -0.05) is 42.8 Å². The first-order valence-corrected chi connectivity index (χ1v) is 7.41. The molecule has 0 aliphatic carbocycles. The van der Waals surface area contributed by atoms with E-state index in [1.54, 1.807) is 36.4 Å². The molecule has 2 aromatic rings. The second-order valence-electron chi connectivity index (χ2n) is 4.79. The zero-order chi connectivity index (χ0) is 15.9. The Kier molecular flexibility index (Phi) is 5.78. The van der Waals surface area contributed by atoms with Crippen LogP contribution in [0.25, 0.3) is 0 Å². The van der Waals surface area contributed by atoms with E-state index in [1.165, 1.54) is 12.1 Å². The van der Waals surface area contributed by atoms with Crippen LogP contribution in [0, 0.1) is 5.82 Å². The molecule has 2 rings (SSSR count). The summed E-state index contributed by atoms with van der Waals surface area (Å²) in [5.74, 6) is -0.0525. The molecule has 0 heterocycles. The number of rotatable bonds is 6. The summed E-state index contributed by atoms with van der Waals surface area (Å²) in [7, 11) is 0. The maximum Gasteiger partial charge on any atom is 0.261 e. The van der Waals surface area contributed by atoms with Crippen LogP contribution < -0.4 is 10.1 Å². The molecule has 0 fully saturated rings. The minimum Gasteiger partial charge on any atom is -0.479 e. The van der Waals surface area contributed by atoms with Gasteiger partial charge in [0.15, 0.2) is 6.10 Å². The monoisotopic (exact) mass is 321 g/mol. The topological polar surface area (TPSA) is 38.3 Å². The summed E-state index contributed by atoms with van der Waals surface area (Å²) >= 11 is 6.03. The van der Waals surface area contributed by atoms with E-state index in [4.69, 9.17) is 16.3 Å². The van der Waals surface area contributed by atoms with Crippen molar-refractivity contribution < 1.29 is 13.9 Å². The van der Waals surface area contributed by atoms with E-state index in [0.717, 1.165) is 5.56 Å². The van der Waals surface area contributed by atoms with Crippen molar-refractivity contribution in [2.24, 2.45) is 0 Å². The Morgan fingerprint density at radius 2 is 1.91 bits per heavy atom. The van der Waals surface area contributed by atoms with Gasteiger partial charge in [-0.15, -0.1) is 0 Å². The number of nitrogens with one attached hydrogen (secondary N) is 1. The molecular weight excluding hydrogens is 305 g/mol. The van der Waals surface area contributed by atoms with Crippen molar-refractivity contribution in [2.75, 3.05) is 0 Å². The highest BCUT2D eigenvalue weighted by Crippen LogP contribution is 2.24. The van der Waals surface area contributed by atoms with Crippen LogP contribution in [0.15, 0.2) is 48.5 Å². The van der Waals surface area contributed by atoms with Gasteiger partial charge in [0, 0.05) is 6.54 Å². The van der Waals surface area contributed by atoms with Gasteiger partial charge in [-0.3, -0.25) is 4.79 Å². The van der Waals surface area contributed by atoms with Crippen molar-refractivity contribution in [1.82, 2.24) is 5.32 Å². The molecule has 0 saturated heterocycles. The predicted octanol–water partition coefficient (Wildman–Crippen LogP) is 3.95. The molecule has 0 aromatic heterocycles. The van der Waals surface area contributed by atoms with Crippen LogP contribution in [0.1, 0.15) is 18.9 Å². The Morgan fingerprint density at radius 1 is 1.23 bits per heavy atom. The normalized spacial score (nSPS) is 11.8. The van der Waals surface area contributed by atoms with Gasteiger partial charge in [0.2, 0.25) is 0 Å². The lowest BCUT2D eigenvalue weighted by Crippen LogP contribution is -2.37. The van der Waals surface area contributed by atoms with E-state index >= 15 is 0 Å². The second-order valence-corrected chi connectivity index (χ2v) is 5.20. The highest BCUT2D eigenvalue weighted by Gasteiger charge is 2.19. The van der Waals surface area contributed by atoms with Gasteiger partial charge in [-0.2, -0.15) is 0 Å². The molecule has 1 atom stereocenters. The molecule has 116 valence electrons. The van der Waals surface area contributed by atoms with Crippen LogP contribution in [-0.4, -0.2) is 12.0 Å². The first kappa shape index (κ1) is 16.3. The summed E-state index contributed by atoms with van der Waals surface area (Å²) in [6.07, 6.45) is -0.110. The smallest absolute Gasteiger partial charge is 0.261 e. The molecule has 0 radical (unpaired) electrons. The van der Waals surface area contributed by atoms with Gasteiger partial charge in [0.05, 0.1) is 5.02 Å². The van der Waals surface area contributed by atoms with Crippen LogP contribution in [0.2, 0.25) is 5.02 Å². The molecule has 0 spiro atoms. The van der Waals surface area contributed by atoms with Crippen LogP contribution in [0.4, 0.5) is 4.39 Å². The zero-order valence-corrected chi connectivity index (χ0v) is 12.9. The third-order valence-electron chi connectivity index (χ3n) is 3.15. The van der Waals surface area contributed by atoms with Crippen molar-refractivity contribution >= 4 is 17.5 Å². The Hall–Kier alpha value is -2.07. The lowest BCUT2D eigenvalue weighted by atomic mass is 10.2. The molecule has 5 heteroatoms. The van der Waals surface area contributed by atoms with Gasteiger partial charge in [-0.25, -0.2) is 4.39 Å². The van der Waals surface area contributed by atoms with Crippen molar-refractivity contribution in [2.45, 2.75) is 26.0 Å². The van der Waals surface area contributed by atoms with Gasteiger partial charge >= 0.3 is 0 Å². The van der Waals surface area contributed by atoms with Crippen molar-refractivity contribution in [3.05, 3.63) is 64.9 Å². The van der Waals surface area contributed by atoms with E-state index in [-0.39, 0.29) is 11.7 Å². The predicted molar refractivity (Wildman–Crippen MR) is 84.4 cm³/mol. The summed E-state index contributed by atoms with van der Waals surface area (Å²) in [5.41, 5.74) is 0.822. The number of carbonyl (C=O) groups is 1. The highest BCUT2D eigenvalue weighted by atomic mass is 35.5. The summed E-state index contributed by atoms with van der Waals surface area (Å²) in [5, 5.41) is 3.24. The Balaban J connectivity index is 1.94. The molecular formula is C17H17ClFNO2. The number of carbonyl (C=O) groups excluding carboxylic acids is 1. The number of halogens is 2. The van der Waals surface area contributed by atoms with Crippen LogP contribution in [0.5, 0.6) is 5.75 Å². The fourth-order valence-electron chi connectivity index (χ4n) is 1.92. The number of amides is 1. The number of para-hydroxylation sites is 1. The number of hydrogen-bond acceptors (Lipinski definition) is 2. The van der Waals surface area contributed by atoms with Crippen LogP contribution in [-0.2, 0) is 11.3 Å². The lowest BCUT2D eigenvalue weighted by molar-refractivity contribution is -0.128. The molecule has 0 bridgehead atoms. The maximum atomic E-state index is 12.8. The van der Waals surface area contributed by atoms with Gasteiger partial charge in [-0.05, 0) is 36.2 Å². The summed E-state index contributed by atoms with van der Waals surface area (Å²) in [6.45, 7) is 2.18. The molecule has 1 N–H and O–H groups in total. The van der Waals surface area contributed by atoms with E-state index in [2.05, 4.69) is 5.32 Å². The van der Waals surface area contributed by atoms with Crippen molar-refractivity contribution in [3.8, 4) is 5.75 Å². The molecule has 1 amide bonds. The molecule has 3 nitrogen and oxygen atoms in total. The number of hydrogen-bond donors (Lipinski definition) is 1. The highest BCUT2D eigenvalue weighted by molar-refractivity contribution is 6.32. The number of ether oxygens (including phenoxy) is 1. The van der Waals surface area contributed by atoms with E-state index in [1.807, 2.05) is 6.92 Å². The standard InChI is InChI=1S/C17H17ClFNO2/c1-2-15(22-16-6-4-3-5-14(16)18)17(21)20-11-12-7-9-13(19)10-8-12/h3-10,15H,2,11H2,1H3,(H,20,21). The average Bonchev–Trinajstić information content (AvgIpc) is 2.53. The molecule has 0 saturated carbocycles. The minimum absolute atomic E-state index is 0.230. The van der Waals surface area contributed by atoms with Gasteiger partial charge < -0.3 is 10.1 Å². The fraction of sp³-hybridized carbons (Fsp3) is 0.235. The third kappa shape index (κ3) is 4.46. The summed E-state index contributed by atoms with van der Waals surface area (Å²) in [4.78, 5) is 12.2. The van der Waals surface area contributed by atoms with Gasteiger partial charge in [0.25, 0.3) is 5.91 Å². The lowest BCUT2D eigenvalue weighted by Gasteiger charge is -2.18. The van der Waals surface area contributed by atoms with Crippen molar-refractivity contribution in [3.63, 3.8) is 0 Å². The second kappa shape index (κ2) is 7.80. The molecule has 0 aliphatic rings. The Morgan fingerprint density at radius 3 is 2.55 bits per heavy atom. The first-order chi connectivity index (χ1) is 10.6. The van der Waals surface area contributed by atoms with E-state index < -0.39 is 6.10 Å². The zero-order valence-electron chi connectivity index (χ0n) is 12.2. The maximum absolute atomic E-state index is 12.8. The SMILES string of the molecule is CCC(Oc1ccccc1Cl)C(=O)NCc1ccc(F)cc1. The third-order valence-corrected chi connectivity index (χ3v) is 3.46. The Labute approximate surface area is 134 Å². The number of benzene rings is 2. The largest absolute Gasteiger partial charge is 0.479 e. The van der Waals surface area contributed by atoms with E-state index in [9.17, 15) is 9.18 Å². The minimum atomic E-state index is -0.625. The fourth-order valence-corrected chi connectivity index (χ4v) is 2.10. The molecule has 2 aromatic carbocycles. The first-order valence-electron chi connectivity index (χ1n) is 7.03. The summed E-state index contributed by atoms with van der Waals surface area (Å²) < 4.78 is 18.5. The average molecular weight is 322 g/mol.